The zero-order valence-corrected chi connectivity index (χ0v) is 20.0. The van der Waals surface area contributed by atoms with Gasteiger partial charge < -0.3 is 20.1 Å². The smallest absolute Gasteiger partial charge is 0.409 e. The fourth-order valence-electron chi connectivity index (χ4n) is 4.59. The Morgan fingerprint density at radius 2 is 1.67 bits per heavy atom. The summed E-state index contributed by atoms with van der Waals surface area (Å²) in [4.78, 5) is 28.3. The Hall–Kier alpha value is -3.88. The third-order valence-electron chi connectivity index (χ3n) is 6.44. The largest absolute Gasteiger partial charge is 0.441 e. The average Bonchev–Trinajstić information content (AvgIpc) is 2.99. The van der Waals surface area contributed by atoms with Gasteiger partial charge in [0.25, 0.3) is 5.91 Å². The molecule has 3 aromatic carbocycles. The number of anilines is 2. The number of ether oxygens (including phenoxy) is 2. The first-order valence-corrected chi connectivity index (χ1v) is 12.3. The highest BCUT2D eigenvalue weighted by atomic mass is 16.6. The Morgan fingerprint density at radius 1 is 0.972 bits per heavy atom. The highest BCUT2D eigenvalue weighted by Crippen LogP contribution is 2.37. The molecule has 0 aliphatic carbocycles. The van der Waals surface area contributed by atoms with Crippen LogP contribution in [-0.2, 0) is 14.3 Å². The standard InChI is InChI=1S/C28H30N4O4/c33-27-26(29-22-12-7-13-23(30-27)25(22)21-10-5-2-6-11-21)31-28(34)36-24(20-8-3-1-4-9-20)14-15-32-16-18-35-19-17-32/h1-13,24,26,29H,14-19H2,(H,30,33)(H,31,34)/t24-,26+/m1/s1. The second-order valence-corrected chi connectivity index (χ2v) is 8.85. The van der Waals surface area contributed by atoms with Gasteiger partial charge >= 0.3 is 6.09 Å². The van der Waals surface area contributed by atoms with Crippen LogP contribution >= 0.6 is 0 Å². The van der Waals surface area contributed by atoms with Crippen LogP contribution in [0.2, 0.25) is 0 Å². The second kappa shape index (κ2) is 11.2. The molecule has 5 rings (SSSR count). The van der Waals surface area contributed by atoms with Crippen molar-refractivity contribution in [2.24, 2.45) is 0 Å². The molecule has 36 heavy (non-hydrogen) atoms. The van der Waals surface area contributed by atoms with Crippen molar-refractivity contribution < 1.29 is 19.1 Å². The topological polar surface area (TPSA) is 91.9 Å². The minimum atomic E-state index is -0.990. The van der Waals surface area contributed by atoms with Crippen LogP contribution in [0.4, 0.5) is 16.2 Å². The number of rotatable bonds is 7. The second-order valence-electron chi connectivity index (χ2n) is 8.85. The fraction of sp³-hybridized carbons (Fsp3) is 0.286. The van der Waals surface area contributed by atoms with Crippen molar-refractivity contribution in [2.45, 2.75) is 18.7 Å². The van der Waals surface area contributed by atoms with Gasteiger partial charge in [0.2, 0.25) is 0 Å². The molecule has 0 aromatic heterocycles. The molecule has 3 aromatic rings. The number of alkyl carbamates (subject to hydrolysis) is 1. The number of morpholine rings is 1. The van der Waals surface area contributed by atoms with Gasteiger partial charge in [-0.25, -0.2) is 4.79 Å². The van der Waals surface area contributed by atoms with E-state index >= 15 is 0 Å². The van der Waals surface area contributed by atoms with Crippen molar-refractivity contribution >= 4 is 23.4 Å². The lowest BCUT2D eigenvalue weighted by molar-refractivity contribution is -0.117. The van der Waals surface area contributed by atoms with Gasteiger partial charge in [-0.1, -0.05) is 66.7 Å². The SMILES string of the molecule is O=C(N[C@@H]1Nc2cccc(c2-c2ccccc2)NC1=O)O[C@H](CCN1CCOCC1)c1ccccc1. The van der Waals surface area contributed by atoms with E-state index in [2.05, 4.69) is 20.9 Å². The minimum absolute atomic E-state index is 0.366. The Labute approximate surface area is 210 Å². The molecular formula is C28H30N4O4. The monoisotopic (exact) mass is 486 g/mol. The van der Waals surface area contributed by atoms with Crippen LogP contribution < -0.4 is 16.0 Å². The maximum absolute atomic E-state index is 13.0. The van der Waals surface area contributed by atoms with Crippen molar-refractivity contribution in [3.8, 4) is 11.1 Å². The molecule has 2 atom stereocenters. The van der Waals surface area contributed by atoms with Crippen LogP contribution in [0.5, 0.6) is 0 Å². The van der Waals surface area contributed by atoms with Gasteiger partial charge in [-0.15, -0.1) is 0 Å². The first kappa shape index (κ1) is 23.8. The Kier molecular flexibility index (Phi) is 7.44. The van der Waals surface area contributed by atoms with Gasteiger partial charge in [0.15, 0.2) is 6.17 Å². The predicted molar refractivity (Wildman–Crippen MR) is 139 cm³/mol. The van der Waals surface area contributed by atoms with Gasteiger partial charge in [0, 0.05) is 37.3 Å². The van der Waals surface area contributed by atoms with E-state index in [1.807, 2.05) is 78.9 Å². The third kappa shape index (κ3) is 5.67. The van der Waals surface area contributed by atoms with Crippen molar-refractivity contribution in [3.63, 3.8) is 0 Å². The van der Waals surface area contributed by atoms with Crippen LogP contribution in [0.1, 0.15) is 18.1 Å². The van der Waals surface area contributed by atoms with Crippen LogP contribution in [0, 0.1) is 0 Å². The number of nitrogens with zero attached hydrogens (tertiary/aromatic N) is 1. The zero-order valence-electron chi connectivity index (χ0n) is 20.0. The number of carbonyl (C=O) groups is 2. The highest BCUT2D eigenvalue weighted by Gasteiger charge is 2.29. The maximum atomic E-state index is 13.0. The lowest BCUT2D eigenvalue weighted by Gasteiger charge is -2.28. The molecule has 8 nitrogen and oxygen atoms in total. The summed E-state index contributed by atoms with van der Waals surface area (Å²) >= 11 is 0. The molecule has 186 valence electrons. The zero-order chi connectivity index (χ0) is 24.7. The molecule has 0 saturated carbocycles. The molecule has 0 spiro atoms. The Morgan fingerprint density at radius 3 is 2.42 bits per heavy atom. The van der Waals surface area contributed by atoms with Gasteiger partial charge in [-0.3, -0.25) is 15.0 Å². The molecule has 2 bridgehead atoms. The lowest BCUT2D eigenvalue weighted by atomic mass is 10.0. The Balaban J connectivity index is 1.28. The van der Waals surface area contributed by atoms with Crippen LogP contribution in [0.15, 0.2) is 78.9 Å². The molecule has 2 amide bonds. The molecular weight excluding hydrogens is 456 g/mol. The summed E-state index contributed by atoms with van der Waals surface area (Å²) in [6, 6.07) is 25.1. The number of hydrogen-bond acceptors (Lipinski definition) is 6. The van der Waals surface area contributed by atoms with E-state index in [1.54, 1.807) is 0 Å². The number of carbonyl (C=O) groups excluding carboxylic acids is 2. The van der Waals surface area contributed by atoms with Crippen LogP contribution in [0.25, 0.3) is 11.1 Å². The summed E-state index contributed by atoms with van der Waals surface area (Å²) in [5.41, 5.74) is 4.18. The van der Waals surface area contributed by atoms with Gasteiger partial charge in [0.05, 0.1) is 18.9 Å². The number of benzene rings is 3. The van der Waals surface area contributed by atoms with E-state index in [4.69, 9.17) is 9.47 Å². The molecule has 2 heterocycles. The number of amides is 2. The Bertz CT molecular complexity index is 1180. The quantitative estimate of drug-likeness (QED) is 0.463. The normalized spacial score (nSPS) is 18.3. The number of hydrogen-bond donors (Lipinski definition) is 3. The first-order valence-electron chi connectivity index (χ1n) is 12.3. The van der Waals surface area contributed by atoms with Gasteiger partial charge in [0.1, 0.15) is 6.10 Å². The van der Waals surface area contributed by atoms with E-state index in [0.717, 1.165) is 42.0 Å². The van der Waals surface area contributed by atoms with Crippen molar-refractivity contribution in [1.29, 1.82) is 0 Å². The van der Waals surface area contributed by atoms with Crippen molar-refractivity contribution in [2.75, 3.05) is 43.5 Å². The van der Waals surface area contributed by atoms with Crippen molar-refractivity contribution in [3.05, 3.63) is 84.4 Å². The third-order valence-corrected chi connectivity index (χ3v) is 6.44. The molecule has 0 radical (unpaired) electrons. The van der Waals surface area contributed by atoms with Crippen LogP contribution in [-0.4, -0.2) is 55.9 Å². The summed E-state index contributed by atoms with van der Waals surface area (Å²) in [5, 5.41) is 8.83. The lowest BCUT2D eigenvalue weighted by Crippen LogP contribution is -2.48. The molecule has 8 heteroatoms. The molecule has 2 aliphatic rings. The van der Waals surface area contributed by atoms with E-state index in [0.29, 0.717) is 25.3 Å². The van der Waals surface area contributed by atoms with E-state index in [9.17, 15) is 9.59 Å². The van der Waals surface area contributed by atoms with Gasteiger partial charge in [-0.2, -0.15) is 0 Å². The molecule has 3 N–H and O–H groups in total. The minimum Gasteiger partial charge on any atom is -0.441 e. The van der Waals surface area contributed by atoms with Gasteiger partial charge in [-0.05, 0) is 23.3 Å². The van der Waals surface area contributed by atoms with Crippen molar-refractivity contribution in [1.82, 2.24) is 10.2 Å². The fourth-order valence-corrected chi connectivity index (χ4v) is 4.59. The van der Waals surface area contributed by atoms with E-state index < -0.39 is 18.4 Å². The maximum Gasteiger partial charge on any atom is 0.409 e. The predicted octanol–water partition coefficient (Wildman–Crippen LogP) is 4.23. The molecule has 1 fully saturated rings. The van der Waals surface area contributed by atoms with E-state index in [-0.39, 0.29) is 5.91 Å². The molecule has 2 aliphatic heterocycles. The van der Waals surface area contributed by atoms with E-state index in [1.165, 1.54) is 0 Å². The summed E-state index contributed by atoms with van der Waals surface area (Å²) < 4.78 is 11.3. The van der Waals surface area contributed by atoms with Crippen LogP contribution in [0.3, 0.4) is 0 Å². The summed E-state index contributed by atoms with van der Waals surface area (Å²) in [6.07, 6.45) is -1.45. The summed E-state index contributed by atoms with van der Waals surface area (Å²) in [7, 11) is 0. The summed E-state index contributed by atoms with van der Waals surface area (Å²) in [6.45, 7) is 3.94. The summed E-state index contributed by atoms with van der Waals surface area (Å²) in [5.74, 6) is -0.366. The molecule has 1 saturated heterocycles. The average molecular weight is 487 g/mol. The highest BCUT2D eigenvalue weighted by molar-refractivity contribution is 6.06. The first-order chi connectivity index (χ1) is 17.7. The molecule has 0 unspecified atom stereocenters. The number of nitrogens with one attached hydrogen (secondary N) is 3. The number of fused-ring (bicyclic) bond motifs is 2.